The van der Waals surface area contributed by atoms with E-state index in [1.54, 1.807) is 11.8 Å². The number of hydrogen-bond donors (Lipinski definition) is 1. The molecule has 0 bridgehead atoms. The molecule has 2 unspecified atom stereocenters. The summed E-state index contributed by atoms with van der Waals surface area (Å²) < 4.78 is 0. The molecule has 1 saturated heterocycles. The van der Waals surface area contributed by atoms with E-state index >= 15 is 0 Å². The monoisotopic (exact) mass is 208 g/mol. The second kappa shape index (κ2) is 4.05. The molecule has 2 atom stereocenters. The van der Waals surface area contributed by atoms with Gasteiger partial charge in [-0.3, -0.25) is 4.79 Å². The van der Waals surface area contributed by atoms with Crippen molar-refractivity contribution in [1.82, 2.24) is 0 Å². The number of rotatable bonds is 2. The topological polar surface area (TPSA) is 37.3 Å². The molecule has 1 aromatic carbocycles. The number of carbonyl (C=O) groups is 1. The minimum absolute atomic E-state index is 0.208. The van der Waals surface area contributed by atoms with E-state index in [4.69, 9.17) is 5.11 Å². The van der Waals surface area contributed by atoms with E-state index in [1.807, 2.05) is 18.2 Å². The van der Waals surface area contributed by atoms with Crippen molar-refractivity contribution in [3.05, 3.63) is 35.9 Å². The van der Waals surface area contributed by atoms with E-state index in [9.17, 15) is 4.79 Å². The zero-order valence-corrected chi connectivity index (χ0v) is 8.54. The maximum Gasteiger partial charge on any atom is 0.316 e. The van der Waals surface area contributed by atoms with E-state index in [1.165, 1.54) is 5.56 Å². The molecule has 0 aliphatic carbocycles. The van der Waals surface area contributed by atoms with Gasteiger partial charge in [0.15, 0.2) is 0 Å². The first-order valence-corrected chi connectivity index (χ1v) is 5.65. The molecule has 0 aromatic heterocycles. The lowest BCUT2D eigenvalue weighted by atomic mass is 10.1. The van der Waals surface area contributed by atoms with Crippen molar-refractivity contribution < 1.29 is 9.90 Å². The first kappa shape index (κ1) is 9.59. The van der Waals surface area contributed by atoms with Crippen LogP contribution in [0.1, 0.15) is 23.7 Å². The van der Waals surface area contributed by atoms with E-state index in [0.29, 0.717) is 5.25 Å². The van der Waals surface area contributed by atoms with Crippen molar-refractivity contribution in [2.24, 2.45) is 0 Å². The zero-order chi connectivity index (χ0) is 9.97. The molecule has 2 nitrogen and oxygen atoms in total. The summed E-state index contributed by atoms with van der Waals surface area (Å²) in [6.45, 7) is 0. The smallest absolute Gasteiger partial charge is 0.316 e. The van der Waals surface area contributed by atoms with Gasteiger partial charge < -0.3 is 5.11 Å². The van der Waals surface area contributed by atoms with Gasteiger partial charge in [-0.05, 0) is 18.4 Å². The first-order chi connectivity index (χ1) is 6.77. The van der Waals surface area contributed by atoms with Crippen molar-refractivity contribution in [3.63, 3.8) is 0 Å². The molecule has 14 heavy (non-hydrogen) atoms. The van der Waals surface area contributed by atoms with Gasteiger partial charge >= 0.3 is 5.97 Å². The summed E-state index contributed by atoms with van der Waals surface area (Å²) in [6, 6.07) is 10.1. The van der Waals surface area contributed by atoms with Gasteiger partial charge in [0, 0.05) is 5.25 Å². The molecule has 0 saturated carbocycles. The number of thioether (sulfide) groups is 1. The van der Waals surface area contributed by atoms with Gasteiger partial charge in [-0.15, -0.1) is 11.8 Å². The van der Waals surface area contributed by atoms with Crippen LogP contribution in [0.5, 0.6) is 0 Å². The number of benzene rings is 1. The van der Waals surface area contributed by atoms with Crippen LogP contribution in [0.15, 0.2) is 30.3 Å². The Morgan fingerprint density at radius 3 is 2.57 bits per heavy atom. The molecule has 1 aliphatic rings. The molecule has 2 rings (SSSR count). The standard InChI is InChI=1S/C11H12O2S/c12-11(13)10-7-6-9(14-10)8-4-2-1-3-5-8/h1-5,9-10H,6-7H2,(H,12,13). The molecule has 0 radical (unpaired) electrons. The molecule has 1 aromatic rings. The Bertz CT molecular complexity index is 323. The lowest BCUT2D eigenvalue weighted by Gasteiger charge is -2.08. The third-order valence-corrected chi connectivity index (χ3v) is 4.07. The lowest BCUT2D eigenvalue weighted by molar-refractivity contribution is -0.136. The molecular formula is C11H12O2S. The minimum atomic E-state index is -0.673. The number of aliphatic carboxylic acids is 1. The predicted octanol–water partition coefficient (Wildman–Crippen LogP) is 2.71. The molecule has 1 heterocycles. The Balaban J connectivity index is 2.06. The molecular weight excluding hydrogens is 196 g/mol. The van der Waals surface area contributed by atoms with Crippen LogP contribution in [0.25, 0.3) is 0 Å². The third-order valence-electron chi connectivity index (χ3n) is 2.47. The normalized spacial score (nSPS) is 26.3. The van der Waals surface area contributed by atoms with Gasteiger partial charge in [0.2, 0.25) is 0 Å². The highest BCUT2D eigenvalue weighted by Gasteiger charge is 2.30. The molecule has 1 aliphatic heterocycles. The molecule has 1 fully saturated rings. The van der Waals surface area contributed by atoms with Gasteiger partial charge in [-0.2, -0.15) is 0 Å². The van der Waals surface area contributed by atoms with Crippen LogP contribution in [0, 0.1) is 0 Å². The third kappa shape index (κ3) is 1.93. The second-order valence-electron chi connectivity index (χ2n) is 3.44. The van der Waals surface area contributed by atoms with E-state index < -0.39 is 5.97 Å². The Morgan fingerprint density at radius 1 is 1.29 bits per heavy atom. The average Bonchev–Trinajstić information content (AvgIpc) is 2.68. The fraction of sp³-hybridized carbons (Fsp3) is 0.364. The highest BCUT2D eigenvalue weighted by atomic mass is 32.2. The van der Waals surface area contributed by atoms with Gasteiger partial charge in [0.05, 0.1) is 0 Å². The van der Waals surface area contributed by atoms with Crippen LogP contribution in [0.2, 0.25) is 0 Å². The van der Waals surface area contributed by atoms with Crippen LogP contribution in [-0.4, -0.2) is 16.3 Å². The molecule has 0 amide bonds. The van der Waals surface area contributed by atoms with Crippen molar-refractivity contribution in [2.45, 2.75) is 23.3 Å². The average molecular weight is 208 g/mol. The van der Waals surface area contributed by atoms with E-state index in [-0.39, 0.29) is 5.25 Å². The SMILES string of the molecule is O=C(O)C1CCC(c2ccccc2)S1. The Labute approximate surface area is 87.3 Å². The zero-order valence-electron chi connectivity index (χ0n) is 7.72. The minimum Gasteiger partial charge on any atom is -0.480 e. The molecule has 0 spiro atoms. The summed E-state index contributed by atoms with van der Waals surface area (Å²) in [5.74, 6) is -0.673. The van der Waals surface area contributed by atoms with E-state index in [0.717, 1.165) is 12.8 Å². The summed E-state index contributed by atoms with van der Waals surface area (Å²) in [5, 5.41) is 9.02. The van der Waals surface area contributed by atoms with Crippen LogP contribution in [0.3, 0.4) is 0 Å². The quantitative estimate of drug-likeness (QED) is 0.812. The van der Waals surface area contributed by atoms with Crippen molar-refractivity contribution in [3.8, 4) is 0 Å². The lowest BCUT2D eigenvalue weighted by Crippen LogP contribution is -2.11. The summed E-state index contributed by atoms with van der Waals surface area (Å²) in [4.78, 5) is 10.8. The maximum absolute atomic E-state index is 10.8. The van der Waals surface area contributed by atoms with E-state index in [2.05, 4.69) is 12.1 Å². The van der Waals surface area contributed by atoms with Crippen LogP contribution in [0.4, 0.5) is 0 Å². The molecule has 3 heteroatoms. The van der Waals surface area contributed by atoms with Crippen molar-refractivity contribution in [2.75, 3.05) is 0 Å². The summed E-state index contributed by atoms with van der Waals surface area (Å²) in [5.41, 5.74) is 1.25. The number of hydrogen-bond acceptors (Lipinski definition) is 2. The van der Waals surface area contributed by atoms with Crippen LogP contribution < -0.4 is 0 Å². The molecule has 74 valence electrons. The Hall–Kier alpha value is -0.960. The van der Waals surface area contributed by atoms with Gasteiger partial charge in [-0.25, -0.2) is 0 Å². The fourth-order valence-corrected chi connectivity index (χ4v) is 3.10. The number of carboxylic acid groups (broad SMARTS) is 1. The summed E-state index contributed by atoms with van der Waals surface area (Å²) >= 11 is 1.57. The largest absolute Gasteiger partial charge is 0.480 e. The van der Waals surface area contributed by atoms with Gasteiger partial charge in [-0.1, -0.05) is 30.3 Å². The van der Waals surface area contributed by atoms with Gasteiger partial charge in [0.1, 0.15) is 5.25 Å². The summed E-state index contributed by atoms with van der Waals surface area (Å²) in [7, 11) is 0. The Kier molecular flexibility index (Phi) is 2.77. The van der Waals surface area contributed by atoms with Crippen molar-refractivity contribution in [1.29, 1.82) is 0 Å². The highest BCUT2D eigenvalue weighted by Crippen LogP contribution is 2.44. The molecule has 1 N–H and O–H groups in total. The maximum atomic E-state index is 10.8. The van der Waals surface area contributed by atoms with Gasteiger partial charge in [0.25, 0.3) is 0 Å². The number of carboxylic acids is 1. The fourth-order valence-electron chi connectivity index (χ4n) is 1.73. The van der Waals surface area contributed by atoms with Crippen molar-refractivity contribution >= 4 is 17.7 Å². The first-order valence-electron chi connectivity index (χ1n) is 4.70. The predicted molar refractivity (Wildman–Crippen MR) is 57.4 cm³/mol. The second-order valence-corrected chi connectivity index (χ2v) is 4.85. The summed E-state index contributed by atoms with van der Waals surface area (Å²) in [6.07, 6.45) is 1.77. The highest BCUT2D eigenvalue weighted by molar-refractivity contribution is 8.01. The Morgan fingerprint density at radius 2 is 2.00 bits per heavy atom. The van der Waals surface area contributed by atoms with Crippen LogP contribution >= 0.6 is 11.8 Å². The van der Waals surface area contributed by atoms with Crippen LogP contribution in [-0.2, 0) is 4.79 Å².